The third-order valence-corrected chi connectivity index (χ3v) is 5.32. The normalized spacial score (nSPS) is 10.2. The number of nitrogens with zero attached hydrogens (tertiary/aromatic N) is 1. The second-order valence-corrected chi connectivity index (χ2v) is 7.33. The van der Waals surface area contributed by atoms with Gasteiger partial charge in [-0.15, -0.1) is 11.3 Å². The van der Waals surface area contributed by atoms with Gasteiger partial charge in [0.1, 0.15) is 13.1 Å². The number of esters is 2. The Morgan fingerprint density at radius 2 is 1.66 bits per heavy atom. The highest BCUT2D eigenvalue weighted by atomic mass is 35.5. The molecule has 0 aliphatic rings. The minimum atomic E-state index is -0.677. The second kappa shape index (κ2) is 10.0. The number of amides is 2. The summed E-state index contributed by atoms with van der Waals surface area (Å²) >= 11 is 7.06. The fourth-order valence-electron chi connectivity index (χ4n) is 2.36. The second-order valence-electron chi connectivity index (χ2n) is 5.87. The van der Waals surface area contributed by atoms with Gasteiger partial charge in [-0.1, -0.05) is 23.7 Å². The Labute approximate surface area is 176 Å². The molecular weight excluding hydrogens is 420 g/mol. The number of benzene rings is 1. The highest BCUT2D eigenvalue weighted by molar-refractivity contribution is 7.18. The molecule has 2 rings (SSSR count). The first-order valence-corrected chi connectivity index (χ1v) is 9.55. The van der Waals surface area contributed by atoms with Gasteiger partial charge in [0.05, 0.1) is 34.7 Å². The summed E-state index contributed by atoms with van der Waals surface area (Å²) in [5.74, 6) is -2.33. The van der Waals surface area contributed by atoms with Crippen molar-refractivity contribution in [3.8, 4) is 0 Å². The number of halogens is 1. The number of ether oxygens (including phenoxy) is 2. The van der Waals surface area contributed by atoms with Crippen LogP contribution >= 0.6 is 22.9 Å². The zero-order chi connectivity index (χ0) is 21.6. The lowest BCUT2D eigenvalue weighted by Gasteiger charge is -2.19. The zero-order valence-corrected chi connectivity index (χ0v) is 17.6. The summed E-state index contributed by atoms with van der Waals surface area (Å²) in [4.78, 5) is 49.8. The molecule has 29 heavy (non-hydrogen) atoms. The van der Waals surface area contributed by atoms with Crippen LogP contribution in [0.25, 0.3) is 0 Å². The van der Waals surface area contributed by atoms with E-state index in [1.165, 1.54) is 14.2 Å². The standard InChI is InChI=1S/C19H19ClN2O6S/c1-11-8-14(21-18(25)12-6-4-5-7-13(12)20)29-17(11)19(26)22(9-15(23)27-2)10-16(24)28-3/h4-8H,9-10H2,1-3H3,(H,21,25). The number of methoxy groups -OCH3 is 2. The summed E-state index contributed by atoms with van der Waals surface area (Å²) in [5.41, 5.74) is 0.875. The van der Waals surface area contributed by atoms with Crippen LogP contribution < -0.4 is 5.32 Å². The topological polar surface area (TPSA) is 102 Å². The van der Waals surface area contributed by atoms with E-state index in [1.54, 1.807) is 37.3 Å². The first-order chi connectivity index (χ1) is 13.8. The highest BCUT2D eigenvalue weighted by Crippen LogP contribution is 2.29. The van der Waals surface area contributed by atoms with E-state index in [1.807, 2.05) is 0 Å². The van der Waals surface area contributed by atoms with Crippen molar-refractivity contribution < 1.29 is 28.7 Å². The highest BCUT2D eigenvalue weighted by Gasteiger charge is 2.25. The lowest BCUT2D eigenvalue weighted by atomic mass is 10.2. The summed E-state index contributed by atoms with van der Waals surface area (Å²) in [6, 6.07) is 8.21. The van der Waals surface area contributed by atoms with Gasteiger partial charge in [-0.25, -0.2) is 0 Å². The molecule has 8 nitrogen and oxygen atoms in total. The fraction of sp³-hybridized carbons (Fsp3) is 0.263. The first-order valence-electron chi connectivity index (χ1n) is 8.36. The van der Waals surface area contributed by atoms with Crippen LogP contribution in [0.2, 0.25) is 5.02 Å². The van der Waals surface area contributed by atoms with E-state index < -0.39 is 36.8 Å². The molecule has 2 amide bonds. The number of rotatable bonds is 7. The Balaban J connectivity index is 2.23. The zero-order valence-electron chi connectivity index (χ0n) is 16.0. The number of anilines is 1. The minimum absolute atomic E-state index is 0.271. The van der Waals surface area contributed by atoms with Crippen LogP contribution in [-0.4, -0.2) is 56.0 Å². The number of carbonyl (C=O) groups excluding carboxylic acids is 4. The van der Waals surface area contributed by atoms with Gasteiger partial charge in [0.25, 0.3) is 11.8 Å². The monoisotopic (exact) mass is 438 g/mol. The van der Waals surface area contributed by atoms with Crippen LogP contribution in [-0.2, 0) is 19.1 Å². The number of hydrogen-bond acceptors (Lipinski definition) is 7. The third kappa shape index (κ3) is 5.78. The molecule has 0 saturated carbocycles. The average molecular weight is 439 g/mol. The van der Waals surface area contributed by atoms with E-state index in [-0.39, 0.29) is 4.88 Å². The smallest absolute Gasteiger partial charge is 0.325 e. The molecule has 1 aromatic heterocycles. The maximum absolute atomic E-state index is 12.9. The van der Waals surface area contributed by atoms with Crippen molar-refractivity contribution in [3.63, 3.8) is 0 Å². The lowest BCUT2D eigenvalue weighted by molar-refractivity contribution is -0.144. The van der Waals surface area contributed by atoms with Gasteiger partial charge >= 0.3 is 11.9 Å². The summed E-state index contributed by atoms with van der Waals surface area (Å²) < 4.78 is 9.16. The average Bonchev–Trinajstić information content (AvgIpc) is 3.06. The Hall–Kier alpha value is -2.91. The number of hydrogen-bond donors (Lipinski definition) is 1. The summed E-state index contributed by atoms with van der Waals surface area (Å²) in [7, 11) is 2.36. The van der Waals surface area contributed by atoms with Gasteiger partial charge in [0.15, 0.2) is 0 Å². The number of thiophene rings is 1. The predicted octanol–water partition coefficient (Wildman–Crippen LogP) is 2.75. The summed E-state index contributed by atoms with van der Waals surface area (Å²) in [6.07, 6.45) is 0. The van der Waals surface area contributed by atoms with Crippen molar-refractivity contribution >= 4 is 51.7 Å². The molecule has 0 radical (unpaired) electrons. The van der Waals surface area contributed by atoms with Gasteiger partial charge in [-0.2, -0.15) is 0 Å². The molecule has 0 fully saturated rings. The van der Waals surface area contributed by atoms with Crippen molar-refractivity contribution in [3.05, 3.63) is 51.4 Å². The van der Waals surface area contributed by atoms with Gasteiger partial charge in [-0.05, 0) is 30.7 Å². The maximum atomic E-state index is 12.9. The molecule has 2 aromatic rings. The van der Waals surface area contributed by atoms with Gasteiger partial charge in [0.2, 0.25) is 0 Å². The molecule has 0 atom stereocenters. The fourth-order valence-corrected chi connectivity index (χ4v) is 3.62. The molecule has 0 aliphatic heterocycles. The Kier molecular flexibility index (Phi) is 7.74. The van der Waals surface area contributed by atoms with E-state index in [0.717, 1.165) is 16.2 Å². The molecule has 10 heteroatoms. The van der Waals surface area contributed by atoms with Crippen LogP contribution in [0.4, 0.5) is 5.00 Å². The van der Waals surface area contributed by atoms with Crippen LogP contribution in [0.1, 0.15) is 25.6 Å². The van der Waals surface area contributed by atoms with E-state index in [4.69, 9.17) is 11.6 Å². The van der Waals surface area contributed by atoms with Crippen molar-refractivity contribution in [2.75, 3.05) is 32.6 Å². The molecule has 0 saturated heterocycles. The molecule has 154 valence electrons. The first kappa shape index (κ1) is 22.4. The molecule has 0 aliphatic carbocycles. The molecule has 0 bridgehead atoms. The number of aryl methyl sites for hydroxylation is 1. The quantitative estimate of drug-likeness (QED) is 0.667. The molecule has 0 unspecified atom stereocenters. The van der Waals surface area contributed by atoms with Crippen LogP contribution in [0.15, 0.2) is 30.3 Å². The summed E-state index contributed by atoms with van der Waals surface area (Å²) in [5, 5.41) is 3.42. The SMILES string of the molecule is COC(=O)CN(CC(=O)OC)C(=O)c1sc(NC(=O)c2ccccc2Cl)cc1C. The number of nitrogens with one attached hydrogen (secondary N) is 1. The molecule has 1 aromatic carbocycles. The van der Waals surface area contributed by atoms with E-state index in [2.05, 4.69) is 14.8 Å². The maximum Gasteiger partial charge on any atom is 0.325 e. The molecule has 1 heterocycles. The van der Waals surface area contributed by atoms with Crippen molar-refractivity contribution in [2.24, 2.45) is 0 Å². The Morgan fingerprint density at radius 3 is 2.21 bits per heavy atom. The van der Waals surface area contributed by atoms with Crippen molar-refractivity contribution in [2.45, 2.75) is 6.92 Å². The molecular formula is C19H19ClN2O6S. The van der Waals surface area contributed by atoms with Gasteiger partial charge in [0, 0.05) is 0 Å². The Bertz CT molecular complexity index is 925. The number of carbonyl (C=O) groups is 4. The van der Waals surface area contributed by atoms with Gasteiger partial charge in [-0.3, -0.25) is 19.2 Å². The largest absolute Gasteiger partial charge is 0.468 e. The van der Waals surface area contributed by atoms with Crippen LogP contribution in [0, 0.1) is 6.92 Å². The molecule has 0 spiro atoms. The molecule has 1 N–H and O–H groups in total. The lowest BCUT2D eigenvalue weighted by Crippen LogP contribution is -2.40. The Morgan fingerprint density at radius 1 is 1.07 bits per heavy atom. The minimum Gasteiger partial charge on any atom is -0.468 e. The van der Waals surface area contributed by atoms with Crippen LogP contribution in [0.5, 0.6) is 0 Å². The van der Waals surface area contributed by atoms with Crippen molar-refractivity contribution in [1.82, 2.24) is 4.90 Å². The third-order valence-electron chi connectivity index (χ3n) is 3.85. The van der Waals surface area contributed by atoms with E-state index in [0.29, 0.717) is 21.2 Å². The summed E-state index contributed by atoms with van der Waals surface area (Å²) in [6.45, 7) is 0.857. The van der Waals surface area contributed by atoms with E-state index in [9.17, 15) is 19.2 Å². The predicted molar refractivity (Wildman–Crippen MR) is 108 cm³/mol. The van der Waals surface area contributed by atoms with Crippen molar-refractivity contribution in [1.29, 1.82) is 0 Å². The van der Waals surface area contributed by atoms with Crippen LogP contribution in [0.3, 0.4) is 0 Å². The van der Waals surface area contributed by atoms with Gasteiger partial charge < -0.3 is 19.7 Å². The van der Waals surface area contributed by atoms with E-state index >= 15 is 0 Å².